The van der Waals surface area contributed by atoms with E-state index in [1.165, 1.54) is 11.5 Å². The summed E-state index contributed by atoms with van der Waals surface area (Å²) in [5, 5.41) is 0. The summed E-state index contributed by atoms with van der Waals surface area (Å²) in [4.78, 5) is 0. The van der Waals surface area contributed by atoms with Crippen molar-refractivity contribution in [2.45, 2.75) is 13.1 Å². The van der Waals surface area contributed by atoms with Gasteiger partial charge in [-0.2, -0.15) is 0 Å². The average molecular weight is 230 g/mol. The molecule has 13 heavy (non-hydrogen) atoms. The van der Waals surface area contributed by atoms with Gasteiger partial charge in [0.25, 0.3) is 0 Å². The van der Waals surface area contributed by atoms with Crippen LogP contribution in [0.15, 0.2) is 25.3 Å². The Morgan fingerprint density at radius 2 is 1.85 bits per heavy atom. The maximum absolute atomic E-state index is 5.16. The molecular weight excluding hydrogens is 220 g/mol. The number of aromatic nitrogens is 2. The lowest BCUT2D eigenvalue weighted by Gasteiger charge is -2.05. The number of hydrogen-bond acceptors (Lipinski definition) is 3. The fourth-order valence-electron chi connectivity index (χ4n) is 0.933. The van der Waals surface area contributed by atoms with Crippen molar-refractivity contribution in [3.05, 3.63) is 33.8 Å². The smallest absolute Gasteiger partial charge is 0.151 e. The predicted octanol–water partition coefficient (Wildman–Crippen LogP) is 3.18. The molecule has 0 aromatic carbocycles. The van der Waals surface area contributed by atoms with E-state index in [0.717, 1.165) is 10.4 Å². The predicted molar refractivity (Wildman–Crippen MR) is 62.4 cm³/mol. The molecule has 0 saturated heterocycles. The summed E-state index contributed by atoms with van der Waals surface area (Å²) in [7, 11) is 0. The van der Waals surface area contributed by atoms with Crippen LogP contribution in [0.25, 0.3) is 0 Å². The van der Waals surface area contributed by atoms with E-state index in [0.29, 0.717) is 11.2 Å². The lowest BCUT2D eigenvalue weighted by molar-refractivity contribution is 0.559. The minimum absolute atomic E-state index is 0.694. The molecular formula is C8H10N2S3. The van der Waals surface area contributed by atoms with Crippen molar-refractivity contribution < 1.29 is 0 Å². The topological polar surface area (TPSA) is 9.86 Å². The van der Waals surface area contributed by atoms with Gasteiger partial charge in [0.15, 0.2) is 4.64 Å². The Bertz CT molecular complexity index is 421. The van der Waals surface area contributed by atoms with E-state index in [9.17, 15) is 0 Å². The molecule has 0 N–H and O–H groups in total. The zero-order chi connectivity index (χ0) is 9.84. The van der Waals surface area contributed by atoms with Crippen LogP contribution in [-0.4, -0.2) is 8.75 Å². The quantitative estimate of drug-likeness (QED) is 0.580. The first kappa shape index (κ1) is 10.6. The van der Waals surface area contributed by atoms with Crippen molar-refractivity contribution >= 4 is 36.0 Å². The van der Waals surface area contributed by atoms with Crippen LogP contribution >= 0.6 is 36.0 Å². The monoisotopic (exact) mass is 230 g/mol. The van der Waals surface area contributed by atoms with Gasteiger partial charge >= 0.3 is 0 Å². The molecule has 0 saturated carbocycles. The number of rotatable bonds is 4. The van der Waals surface area contributed by atoms with Crippen LogP contribution in [0.4, 0.5) is 0 Å². The summed E-state index contributed by atoms with van der Waals surface area (Å²) in [6.07, 6.45) is 3.62. The van der Waals surface area contributed by atoms with Crippen LogP contribution < -0.4 is 0 Å². The van der Waals surface area contributed by atoms with E-state index in [2.05, 4.69) is 13.2 Å². The van der Waals surface area contributed by atoms with Crippen molar-refractivity contribution in [1.29, 1.82) is 0 Å². The fourth-order valence-corrected chi connectivity index (χ4v) is 2.44. The number of nitrogens with zero attached hydrogens (tertiary/aromatic N) is 2. The minimum Gasteiger partial charge on any atom is -0.259 e. The standard InChI is InChI=1S/C8H10N2S3/c1-3-5-9-7(11)8(12)13-10(9)6-4-2/h3-4H,1-2,5-6H2. The number of allylic oxidation sites excluding steroid dienone is 2. The molecule has 0 spiro atoms. The Balaban J connectivity index is 3.25. The first-order valence-electron chi connectivity index (χ1n) is 3.73. The van der Waals surface area contributed by atoms with Crippen molar-refractivity contribution in [2.24, 2.45) is 0 Å². The molecule has 0 aliphatic heterocycles. The number of hydrogen-bond donors (Lipinski definition) is 0. The molecule has 0 atom stereocenters. The van der Waals surface area contributed by atoms with Gasteiger partial charge in [-0.25, -0.2) is 4.07 Å². The Morgan fingerprint density at radius 3 is 2.38 bits per heavy atom. The Kier molecular flexibility index (Phi) is 3.77. The zero-order valence-electron chi connectivity index (χ0n) is 7.10. The zero-order valence-corrected chi connectivity index (χ0v) is 9.55. The van der Waals surface area contributed by atoms with Crippen LogP contribution in [0, 0.1) is 8.46 Å². The van der Waals surface area contributed by atoms with Gasteiger partial charge in [0, 0.05) is 0 Å². The molecule has 2 nitrogen and oxygen atoms in total. The minimum atomic E-state index is 0.694. The van der Waals surface area contributed by atoms with Crippen LogP contribution in [0.5, 0.6) is 0 Å². The van der Waals surface area contributed by atoms with Gasteiger partial charge in [0.05, 0.1) is 13.1 Å². The van der Waals surface area contributed by atoms with E-state index in [4.69, 9.17) is 24.4 Å². The van der Waals surface area contributed by atoms with Gasteiger partial charge in [-0.3, -0.25) is 4.68 Å². The maximum atomic E-state index is 5.16. The second kappa shape index (κ2) is 4.64. The summed E-state index contributed by atoms with van der Waals surface area (Å²) in [5.74, 6) is 0. The third kappa shape index (κ3) is 2.24. The second-order valence-electron chi connectivity index (χ2n) is 2.38. The molecule has 0 radical (unpaired) electrons. The molecule has 5 heteroatoms. The third-order valence-electron chi connectivity index (χ3n) is 1.45. The summed E-state index contributed by atoms with van der Waals surface area (Å²) in [6.45, 7) is 8.78. The van der Waals surface area contributed by atoms with E-state index >= 15 is 0 Å². The van der Waals surface area contributed by atoms with Crippen molar-refractivity contribution in [3.8, 4) is 0 Å². The molecule has 0 fully saturated rings. The molecule has 0 unspecified atom stereocenters. The fraction of sp³-hybridized carbons (Fsp3) is 0.250. The van der Waals surface area contributed by atoms with Gasteiger partial charge in [0.1, 0.15) is 3.82 Å². The molecule has 1 heterocycles. The SMILES string of the molecule is C=CCn1sc(=S)c(=S)n1CC=C. The van der Waals surface area contributed by atoms with Gasteiger partial charge in [-0.05, 0) is 11.5 Å². The Labute approximate surface area is 91.6 Å². The maximum Gasteiger partial charge on any atom is 0.151 e. The first-order chi connectivity index (χ1) is 6.20. The summed E-state index contributed by atoms with van der Waals surface area (Å²) in [6, 6.07) is 0. The van der Waals surface area contributed by atoms with Gasteiger partial charge in [-0.15, -0.1) is 13.2 Å². The average Bonchev–Trinajstić information content (AvgIpc) is 2.34. The van der Waals surface area contributed by atoms with Crippen LogP contribution in [0.2, 0.25) is 0 Å². The van der Waals surface area contributed by atoms with Gasteiger partial charge < -0.3 is 0 Å². The molecule has 1 aromatic rings. The highest BCUT2D eigenvalue weighted by atomic mass is 32.2. The van der Waals surface area contributed by atoms with Crippen LogP contribution in [-0.2, 0) is 13.1 Å². The van der Waals surface area contributed by atoms with Gasteiger partial charge in [0.2, 0.25) is 0 Å². The van der Waals surface area contributed by atoms with E-state index in [-0.39, 0.29) is 0 Å². The largest absolute Gasteiger partial charge is 0.259 e. The Hall–Kier alpha value is -0.520. The second-order valence-corrected chi connectivity index (χ2v) is 4.44. The third-order valence-corrected chi connectivity index (χ3v) is 3.46. The Morgan fingerprint density at radius 1 is 1.23 bits per heavy atom. The van der Waals surface area contributed by atoms with Gasteiger partial charge in [-0.1, -0.05) is 36.6 Å². The summed E-state index contributed by atoms with van der Waals surface area (Å²) >= 11 is 11.7. The molecule has 0 aliphatic rings. The molecule has 1 aromatic heterocycles. The molecule has 70 valence electrons. The van der Waals surface area contributed by atoms with Crippen LogP contribution in [0.3, 0.4) is 0 Å². The van der Waals surface area contributed by atoms with E-state index in [1.54, 1.807) is 6.08 Å². The van der Waals surface area contributed by atoms with E-state index < -0.39 is 0 Å². The molecule has 1 rings (SSSR count). The molecule has 0 aliphatic carbocycles. The van der Waals surface area contributed by atoms with Crippen LogP contribution in [0.1, 0.15) is 0 Å². The van der Waals surface area contributed by atoms with Crippen molar-refractivity contribution in [3.63, 3.8) is 0 Å². The highest BCUT2D eigenvalue weighted by Gasteiger charge is 2.00. The molecule has 0 amide bonds. The normalized spacial score (nSPS) is 9.85. The van der Waals surface area contributed by atoms with E-state index in [1.807, 2.05) is 14.8 Å². The van der Waals surface area contributed by atoms with Crippen molar-refractivity contribution in [1.82, 2.24) is 8.75 Å². The lowest BCUT2D eigenvalue weighted by atomic mass is 10.6. The summed E-state index contributed by atoms with van der Waals surface area (Å²) < 4.78 is 5.37. The summed E-state index contributed by atoms with van der Waals surface area (Å²) in [5.41, 5.74) is 0. The lowest BCUT2D eigenvalue weighted by Crippen LogP contribution is -2.09. The highest BCUT2D eigenvalue weighted by Crippen LogP contribution is 2.08. The highest BCUT2D eigenvalue weighted by molar-refractivity contribution is 7.75. The first-order valence-corrected chi connectivity index (χ1v) is 5.32. The molecule has 0 bridgehead atoms. The van der Waals surface area contributed by atoms with Crippen molar-refractivity contribution in [2.75, 3.05) is 0 Å².